The lowest BCUT2D eigenvalue weighted by molar-refractivity contribution is 0.184. The summed E-state index contributed by atoms with van der Waals surface area (Å²) in [5.74, 6) is 1.54. The van der Waals surface area contributed by atoms with Crippen molar-refractivity contribution in [3.63, 3.8) is 0 Å². The van der Waals surface area contributed by atoms with Gasteiger partial charge in [0.1, 0.15) is 30.2 Å². The Morgan fingerprint density at radius 2 is 1.23 bits per heavy atom. The molecule has 0 saturated carbocycles. The van der Waals surface area contributed by atoms with Gasteiger partial charge in [0.2, 0.25) is 0 Å². The number of hydrogen-bond acceptors (Lipinski definition) is 4. The van der Waals surface area contributed by atoms with E-state index in [1.54, 1.807) is 0 Å². The molecule has 0 fully saturated rings. The summed E-state index contributed by atoms with van der Waals surface area (Å²) in [6, 6.07) is 17.3. The number of benzene rings is 2. The topological polar surface area (TPSA) is 43.2 Å². The highest BCUT2D eigenvalue weighted by atomic mass is 16.5. The van der Waals surface area contributed by atoms with Gasteiger partial charge in [0.05, 0.1) is 0 Å². The van der Waals surface area contributed by atoms with Crippen molar-refractivity contribution >= 4 is 11.8 Å². The van der Waals surface area contributed by atoms with Crippen LogP contribution in [0.3, 0.4) is 0 Å². The molecule has 4 nitrogen and oxygen atoms in total. The van der Waals surface area contributed by atoms with Gasteiger partial charge in [0.15, 0.2) is 11.8 Å². The standard InChI is InChI=1S/C22H20N2O2/c1-12(21-23-19-15-8-4-2-6-13(15)10-17(19)25-21)22-24-20-16-9-5-3-7-14(16)11-18(20)26-22/h2-9,12,17-20H,10-11H2,1H3/t12?,17-,18?,19+,20?/m1/s1. The van der Waals surface area contributed by atoms with Crippen molar-refractivity contribution in [1.82, 2.24) is 0 Å². The number of hydrogen-bond donors (Lipinski definition) is 0. The summed E-state index contributed by atoms with van der Waals surface area (Å²) in [6.45, 7) is 2.09. The Morgan fingerprint density at radius 1 is 0.769 bits per heavy atom. The lowest BCUT2D eigenvalue weighted by Crippen LogP contribution is -2.26. The Bertz CT molecular complexity index is 887. The van der Waals surface area contributed by atoms with Crippen LogP contribution in [0.5, 0.6) is 0 Å². The van der Waals surface area contributed by atoms with E-state index in [-0.39, 0.29) is 30.2 Å². The Labute approximate surface area is 152 Å². The first-order chi connectivity index (χ1) is 12.8. The monoisotopic (exact) mass is 344 g/mol. The molecule has 0 radical (unpaired) electrons. The number of ether oxygens (including phenoxy) is 2. The third kappa shape index (κ3) is 1.96. The van der Waals surface area contributed by atoms with Crippen molar-refractivity contribution in [3.05, 3.63) is 70.8 Å². The van der Waals surface area contributed by atoms with Crippen LogP contribution in [0.4, 0.5) is 0 Å². The van der Waals surface area contributed by atoms with Gasteiger partial charge in [0, 0.05) is 12.8 Å². The van der Waals surface area contributed by atoms with E-state index in [1.165, 1.54) is 22.3 Å². The lowest BCUT2D eigenvalue weighted by atomic mass is 10.1. The number of aliphatic imine (C=N–C) groups is 2. The summed E-state index contributed by atoms with van der Waals surface area (Å²) < 4.78 is 12.4. The van der Waals surface area contributed by atoms with Crippen molar-refractivity contribution in [2.45, 2.75) is 44.1 Å². The fourth-order valence-electron chi connectivity index (χ4n) is 4.77. The Balaban J connectivity index is 1.28. The molecule has 0 aromatic heterocycles. The van der Waals surface area contributed by atoms with Crippen LogP contribution < -0.4 is 0 Å². The Morgan fingerprint density at radius 3 is 1.73 bits per heavy atom. The summed E-state index contributed by atoms with van der Waals surface area (Å²) in [5, 5.41) is 0. The molecule has 2 aliphatic carbocycles. The van der Waals surface area contributed by atoms with Crippen LogP contribution in [0, 0.1) is 5.92 Å². The minimum absolute atomic E-state index is 0.0227. The van der Waals surface area contributed by atoms with E-state index >= 15 is 0 Å². The molecule has 0 spiro atoms. The van der Waals surface area contributed by atoms with Gasteiger partial charge in [-0.05, 0) is 29.2 Å². The molecule has 0 N–H and O–H groups in total. The molecule has 0 amide bonds. The van der Waals surface area contributed by atoms with Crippen molar-refractivity contribution in [2.75, 3.05) is 0 Å². The summed E-state index contributed by atoms with van der Waals surface area (Å²) in [4.78, 5) is 9.82. The molecule has 0 saturated heterocycles. The SMILES string of the molecule is CC(C1=NC2c3ccccc3CC2O1)C1=N[C@H]2c3ccccc3C[C@H]2O1. The van der Waals surface area contributed by atoms with E-state index < -0.39 is 0 Å². The van der Waals surface area contributed by atoms with E-state index in [2.05, 4.69) is 55.5 Å². The van der Waals surface area contributed by atoms with E-state index in [4.69, 9.17) is 19.5 Å². The van der Waals surface area contributed by atoms with Crippen molar-refractivity contribution < 1.29 is 9.47 Å². The largest absolute Gasteiger partial charge is 0.474 e. The van der Waals surface area contributed by atoms with E-state index in [1.807, 2.05) is 0 Å². The van der Waals surface area contributed by atoms with Crippen LogP contribution in [0.2, 0.25) is 0 Å². The summed E-state index contributed by atoms with van der Waals surface area (Å²) in [6.07, 6.45) is 2.14. The lowest BCUT2D eigenvalue weighted by Gasteiger charge is -2.15. The average molecular weight is 344 g/mol. The first-order valence-electron chi connectivity index (χ1n) is 9.42. The van der Waals surface area contributed by atoms with Crippen LogP contribution in [0.1, 0.15) is 41.3 Å². The predicted molar refractivity (Wildman–Crippen MR) is 99.6 cm³/mol. The van der Waals surface area contributed by atoms with E-state index in [0.29, 0.717) is 0 Å². The summed E-state index contributed by atoms with van der Waals surface area (Å²) in [5.41, 5.74) is 5.33. The number of nitrogens with zero attached hydrogens (tertiary/aromatic N) is 2. The summed E-state index contributed by atoms with van der Waals surface area (Å²) in [7, 11) is 0. The maximum absolute atomic E-state index is 6.22. The third-order valence-corrected chi connectivity index (χ3v) is 6.11. The highest BCUT2D eigenvalue weighted by Crippen LogP contribution is 2.43. The van der Waals surface area contributed by atoms with Crippen molar-refractivity contribution in [2.24, 2.45) is 15.9 Å². The van der Waals surface area contributed by atoms with Crippen LogP contribution in [-0.4, -0.2) is 24.0 Å². The second-order valence-electron chi connectivity index (χ2n) is 7.66. The Hall–Kier alpha value is -2.62. The molecule has 0 bridgehead atoms. The molecule has 2 aromatic rings. The molecule has 26 heavy (non-hydrogen) atoms. The molecular formula is C22H20N2O2. The highest BCUT2D eigenvalue weighted by molar-refractivity contribution is 6.01. The van der Waals surface area contributed by atoms with Gasteiger partial charge in [-0.15, -0.1) is 0 Å². The molecule has 2 heterocycles. The average Bonchev–Trinajstić information content (AvgIpc) is 3.38. The molecule has 6 rings (SSSR count). The number of fused-ring (bicyclic) bond motifs is 6. The third-order valence-electron chi connectivity index (χ3n) is 6.11. The minimum Gasteiger partial charge on any atom is -0.474 e. The van der Waals surface area contributed by atoms with E-state index in [0.717, 1.165) is 24.6 Å². The van der Waals surface area contributed by atoms with Gasteiger partial charge in [-0.3, -0.25) is 0 Å². The van der Waals surface area contributed by atoms with Crippen LogP contribution >= 0.6 is 0 Å². The second-order valence-corrected chi connectivity index (χ2v) is 7.66. The number of rotatable bonds is 2. The first-order valence-corrected chi connectivity index (χ1v) is 9.42. The molecule has 5 atom stereocenters. The molecule has 4 heteroatoms. The van der Waals surface area contributed by atoms with Gasteiger partial charge in [-0.2, -0.15) is 0 Å². The van der Waals surface area contributed by atoms with Crippen molar-refractivity contribution in [1.29, 1.82) is 0 Å². The highest BCUT2D eigenvalue weighted by Gasteiger charge is 2.45. The van der Waals surface area contributed by atoms with Crippen LogP contribution in [0.15, 0.2) is 58.5 Å². The van der Waals surface area contributed by atoms with Crippen LogP contribution in [-0.2, 0) is 22.3 Å². The molecular weight excluding hydrogens is 324 g/mol. The van der Waals surface area contributed by atoms with Gasteiger partial charge in [-0.1, -0.05) is 48.5 Å². The molecule has 3 unspecified atom stereocenters. The fourth-order valence-corrected chi connectivity index (χ4v) is 4.77. The quantitative estimate of drug-likeness (QED) is 0.831. The maximum atomic E-state index is 6.22. The van der Waals surface area contributed by atoms with Gasteiger partial charge in [-0.25, -0.2) is 9.98 Å². The van der Waals surface area contributed by atoms with E-state index in [9.17, 15) is 0 Å². The molecule has 2 aliphatic heterocycles. The summed E-state index contributed by atoms with van der Waals surface area (Å²) >= 11 is 0. The van der Waals surface area contributed by atoms with Gasteiger partial charge < -0.3 is 9.47 Å². The zero-order valence-electron chi connectivity index (χ0n) is 14.6. The normalized spacial score (nSPS) is 31.1. The fraction of sp³-hybridized carbons (Fsp3) is 0.364. The van der Waals surface area contributed by atoms with Gasteiger partial charge >= 0.3 is 0 Å². The molecule has 130 valence electrons. The zero-order valence-corrected chi connectivity index (χ0v) is 14.6. The second kappa shape index (κ2) is 5.19. The molecule has 2 aromatic carbocycles. The smallest absolute Gasteiger partial charge is 0.196 e. The van der Waals surface area contributed by atoms with Crippen LogP contribution in [0.25, 0.3) is 0 Å². The predicted octanol–water partition coefficient (Wildman–Crippen LogP) is 3.81. The Kier molecular flexibility index (Phi) is 2.90. The first kappa shape index (κ1) is 14.5. The zero-order chi connectivity index (χ0) is 17.3. The molecule has 4 aliphatic rings. The van der Waals surface area contributed by atoms with Crippen molar-refractivity contribution in [3.8, 4) is 0 Å². The maximum Gasteiger partial charge on any atom is 0.196 e. The minimum atomic E-state index is -0.0227. The van der Waals surface area contributed by atoms with Gasteiger partial charge in [0.25, 0.3) is 0 Å².